The third-order valence-electron chi connectivity index (χ3n) is 4.86. The molecule has 0 unspecified atom stereocenters. The van der Waals surface area contributed by atoms with E-state index in [-0.39, 0.29) is 5.91 Å². The first-order chi connectivity index (χ1) is 13.1. The standard InChI is InChI=1S/C20H18N4O3/c1-12-16(14(7-9-21-12)13-5-3-2-4-6-13)19(25)24-10-8-15-17(23-11-22-15)18(24)20(26)27/h2-7,9,11,18H,8,10H2,1H3,(H,22,23)(H,26,27)/t18-/m1/s1. The van der Waals surface area contributed by atoms with E-state index in [0.29, 0.717) is 29.9 Å². The van der Waals surface area contributed by atoms with Gasteiger partial charge in [-0.25, -0.2) is 9.78 Å². The van der Waals surface area contributed by atoms with Gasteiger partial charge < -0.3 is 15.0 Å². The molecular formula is C20H18N4O3. The lowest BCUT2D eigenvalue weighted by atomic mass is 9.96. The highest BCUT2D eigenvalue weighted by atomic mass is 16.4. The van der Waals surface area contributed by atoms with Crippen molar-refractivity contribution in [1.29, 1.82) is 0 Å². The van der Waals surface area contributed by atoms with E-state index in [1.807, 2.05) is 30.3 Å². The highest BCUT2D eigenvalue weighted by molar-refractivity contribution is 6.03. The number of nitrogens with zero attached hydrogens (tertiary/aromatic N) is 3. The van der Waals surface area contributed by atoms with Gasteiger partial charge in [-0.2, -0.15) is 0 Å². The Kier molecular flexibility index (Phi) is 4.19. The summed E-state index contributed by atoms with van der Waals surface area (Å²) < 4.78 is 0. The van der Waals surface area contributed by atoms with Crippen LogP contribution in [-0.2, 0) is 11.2 Å². The van der Waals surface area contributed by atoms with Gasteiger partial charge in [0.2, 0.25) is 0 Å². The fourth-order valence-electron chi connectivity index (χ4n) is 3.58. The second kappa shape index (κ2) is 6.68. The van der Waals surface area contributed by atoms with Crippen molar-refractivity contribution in [2.45, 2.75) is 19.4 Å². The fraction of sp³-hybridized carbons (Fsp3) is 0.200. The molecule has 2 N–H and O–H groups in total. The lowest BCUT2D eigenvalue weighted by molar-refractivity contribution is -0.143. The number of benzene rings is 1. The molecule has 1 aliphatic heterocycles. The van der Waals surface area contributed by atoms with E-state index in [9.17, 15) is 14.7 Å². The van der Waals surface area contributed by atoms with E-state index in [4.69, 9.17) is 0 Å². The molecule has 0 fully saturated rings. The van der Waals surface area contributed by atoms with Crippen LogP contribution in [0.5, 0.6) is 0 Å². The fourth-order valence-corrected chi connectivity index (χ4v) is 3.58. The molecule has 0 spiro atoms. The van der Waals surface area contributed by atoms with Crippen LogP contribution < -0.4 is 0 Å². The summed E-state index contributed by atoms with van der Waals surface area (Å²) >= 11 is 0. The smallest absolute Gasteiger partial charge is 0.332 e. The molecule has 4 rings (SSSR count). The number of carbonyl (C=O) groups excluding carboxylic acids is 1. The van der Waals surface area contributed by atoms with E-state index < -0.39 is 12.0 Å². The van der Waals surface area contributed by atoms with Crippen LogP contribution in [-0.4, -0.2) is 43.4 Å². The normalized spacial score (nSPS) is 16.0. The Labute approximate surface area is 155 Å². The van der Waals surface area contributed by atoms with Crippen LogP contribution >= 0.6 is 0 Å². The average molecular weight is 362 g/mol. The molecule has 0 bridgehead atoms. The zero-order valence-corrected chi connectivity index (χ0v) is 14.7. The number of amides is 1. The van der Waals surface area contributed by atoms with Crippen molar-refractivity contribution < 1.29 is 14.7 Å². The number of hydrogen-bond donors (Lipinski definition) is 2. The molecule has 1 aromatic carbocycles. The van der Waals surface area contributed by atoms with Gasteiger partial charge in [-0.05, 0) is 24.1 Å². The van der Waals surface area contributed by atoms with Crippen LogP contribution in [0.2, 0.25) is 0 Å². The minimum atomic E-state index is -1.12. The first kappa shape index (κ1) is 17.0. The highest BCUT2D eigenvalue weighted by Gasteiger charge is 2.39. The maximum absolute atomic E-state index is 13.4. The Bertz CT molecular complexity index is 1010. The molecule has 3 heterocycles. The Morgan fingerprint density at radius 2 is 1.96 bits per heavy atom. The predicted molar refractivity (Wildman–Crippen MR) is 98.1 cm³/mol. The Hall–Kier alpha value is -3.48. The Morgan fingerprint density at radius 3 is 2.70 bits per heavy atom. The van der Waals surface area contributed by atoms with Crippen LogP contribution in [0.25, 0.3) is 11.1 Å². The zero-order chi connectivity index (χ0) is 19.0. The minimum Gasteiger partial charge on any atom is -0.479 e. The van der Waals surface area contributed by atoms with Gasteiger partial charge >= 0.3 is 5.97 Å². The highest BCUT2D eigenvalue weighted by Crippen LogP contribution is 2.32. The summed E-state index contributed by atoms with van der Waals surface area (Å²) in [5, 5.41) is 9.76. The summed E-state index contributed by atoms with van der Waals surface area (Å²) in [6.45, 7) is 2.06. The number of rotatable bonds is 3. The van der Waals surface area contributed by atoms with Crippen molar-refractivity contribution in [1.82, 2.24) is 19.9 Å². The largest absolute Gasteiger partial charge is 0.479 e. The van der Waals surface area contributed by atoms with Crippen molar-refractivity contribution in [3.05, 3.63) is 71.6 Å². The Morgan fingerprint density at radius 1 is 1.19 bits per heavy atom. The van der Waals surface area contributed by atoms with Crippen molar-refractivity contribution in [2.24, 2.45) is 0 Å². The summed E-state index contributed by atoms with van der Waals surface area (Å²) in [7, 11) is 0. The van der Waals surface area contributed by atoms with Gasteiger partial charge in [-0.1, -0.05) is 30.3 Å². The maximum atomic E-state index is 13.4. The van der Waals surface area contributed by atoms with E-state index in [2.05, 4.69) is 15.0 Å². The van der Waals surface area contributed by atoms with Crippen LogP contribution in [0.1, 0.15) is 33.5 Å². The van der Waals surface area contributed by atoms with Gasteiger partial charge in [0.25, 0.3) is 5.91 Å². The monoisotopic (exact) mass is 362 g/mol. The maximum Gasteiger partial charge on any atom is 0.332 e. The second-order valence-corrected chi connectivity index (χ2v) is 6.44. The van der Waals surface area contributed by atoms with E-state index in [1.165, 1.54) is 11.2 Å². The third kappa shape index (κ3) is 2.87. The van der Waals surface area contributed by atoms with E-state index in [1.54, 1.807) is 19.2 Å². The van der Waals surface area contributed by atoms with Gasteiger partial charge in [-0.15, -0.1) is 0 Å². The van der Waals surface area contributed by atoms with Gasteiger partial charge in [0.05, 0.1) is 23.3 Å². The molecule has 3 aromatic rings. The lowest BCUT2D eigenvalue weighted by Crippen LogP contribution is -2.44. The van der Waals surface area contributed by atoms with Gasteiger partial charge in [-0.3, -0.25) is 9.78 Å². The summed E-state index contributed by atoms with van der Waals surface area (Å²) in [5.41, 5.74) is 3.77. The number of aromatic amines is 1. The molecule has 27 heavy (non-hydrogen) atoms. The van der Waals surface area contributed by atoms with Gasteiger partial charge in [0.1, 0.15) is 0 Å². The first-order valence-corrected chi connectivity index (χ1v) is 8.65. The van der Waals surface area contributed by atoms with Crippen LogP contribution in [0, 0.1) is 6.92 Å². The number of nitrogens with one attached hydrogen (secondary N) is 1. The van der Waals surface area contributed by atoms with Crippen molar-refractivity contribution in [2.75, 3.05) is 6.54 Å². The lowest BCUT2D eigenvalue weighted by Gasteiger charge is -2.33. The molecule has 1 aliphatic rings. The summed E-state index contributed by atoms with van der Waals surface area (Å²) in [5.74, 6) is -1.44. The van der Waals surface area contributed by atoms with Crippen LogP contribution in [0.3, 0.4) is 0 Å². The number of pyridine rings is 1. The summed E-state index contributed by atoms with van der Waals surface area (Å²) in [6, 6.07) is 10.2. The van der Waals surface area contributed by atoms with Crippen molar-refractivity contribution in [3.8, 4) is 11.1 Å². The molecule has 7 heteroatoms. The minimum absolute atomic E-state index is 0.299. The molecule has 0 aliphatic carbocycles. The van der Waals surface area contributed by atoms with E-state index in [0.717, 1.165) is 16.8 Å². The SMILES string of the molecule is Cc1nccc(-c2ccccc2)c1C(=O)N1CCc2[nH]cnc2[C@@H]1C(=O)O. The summed E-state index contributed by atoms with van der Waals surface area (Å²) in [6.07, 6.45) is 3.66. The molecule has 2 aromatic heterocycles. The number of aromatic nitrogens is 3. The van der Waals surface area contributed by atoms with Crippen molar-refractivity contribution >= 4 is 11.9 Å². The molecule has 7 nitrogen and oxygen atoms in total. The quantitative estimate of drug-likeness (QED) is 0.746. The molecule has 0 radical (unpaired) electrons. The van der Waals surface area contributed by atoms with Crippen LogP contribution in [0.15, 0.2) is 48.9 Å². The molecule has 0 saturated carbocycles. The number of H-pyrrole nitrogens is 1. The number of carboxylic acid groups (broad SMARTS) is 1. The molecule has 1 atom stereocenters. The van der Waals surface area contributed by atoms with Gasteiger partial charge in [0.15, 0.2) is 6.04 Å². The topological polar surface area (TPSA) is 99.2 Å². The third-order valence-corrected chi connectivity index (χ3v) is 4.86. The predicted octanol–water partition coefficient (Wildman–Crippen LogP) is 2.60. The number of carbonyl (C=O) groups is 2. The number of fused-ring (bicyclic) bond motifs is 1. The molecule has 1 amide bonds. The second-order valence-electron chi connectivity index (χ2n) is 6.44. The number of hydrogen-bond acceptors (Lipinski definition) is 4. The average Bonchev–Trinajstić information content (AvgIpc) is 3.15. The molecular weight excluding hydrogens is 344 g/mol. The zero-order valence-electron chi connectivity index (χ0n) is 14.7. The van der Waals surface area contributed by atoms with Gasteiger partial charge in [0, 0.05) is 24.9 Å². The number of aliphatic carboxylic acids is 1. The van der Waals surface area contributed by atoms with Crippen LogP contribution in [0.4, 0.5) is 0 Å². The number of aryl methyl sites for hydroxylation is 1. The first-order valence-electron chi connectivity index (χ1n) is 8.65. The number of carboxylic acids is 1. The van der Waals surface area contributed by atoms with Crippen molar-refractivity contribution in [3.63, 3.8) is 0 Å². The molecule has 136 valence electrons. The van der Waals surface area contributed by atoms with E-state index >= 15 is 0 Å². The summed E-state index contributed by atoms with van der Waals surface area (Å²) in [4.78, 5) is 38.1. The molecule has 0 saturated heterocycles. The Balaban J connectivity index is 1.81. The number of imidazole rings is 1.